The summed E-state index contributed by atoms with van der Waals surface area (Å²) in [6.45, 7) is 8.46. The topological polar surface area (TPSA) is 52.5 Å². The third kappa shape index (κ3) is 5.14. The molecule has 1 aliphatic rings. The van der Waals surface area contributed by atoms with Gasteiger partial charge in [0.2, 0.25) is 5.96 Å². The van der Waals surface area contributed by atoms with Crippen LogP contribution in [0.4, 0.5) is 25.2 Å². The number of anilines is 3. The highest BCUT2D eigenvalue weighted by Gasteiger charge is 2.26. The van der Waals surface area contributed by atoms with E-state index < -0.39 is 11.6 Å². The van der Waals surface area contributed by atoms with Crippen LogP contribution in [-0.4, -0.2) is 52.0 Å². The van der Waals surface area contributed by atoms with E-state index in [1.807, 2.05) is 51.0 Å². The van der Waals surface area contributed by atoms with Gasteiger partial charge in [-0.25, -0.2) is 13.8 Å². The lowest BCUT2D eigenvalue weighted by Gasteiger charge is -2.34. The monoisotopic (exact) mass is 497 g/mol. The van der Waals surface area contributed by atoms with Crippen molar-refractivity contribution in [1.29, 1.82) is 0 Å². The van der Waals surface area contributed by atoms with E-state index in [-0.39, 0.29) is 29.0 Å². The number of rotatable bonds is 5. The average molecular weight is 498 g/mol. The standard InChI is InChI=1S/C26H29F2N5OS/c1-15(2)33-9-10-34-25-20(28)12-18(13-21(25)33)24(16(3)27)31-26(29-4)30-19-7-8-22-17(11-19)14-23(35-22)32(5)6/h7-8,11-15H,3,9-10H2,1-2,4-6H3,(H,29,30)/b31-24+. The van der Waals surface area contributed by atoms with Crippen LogP contribution in [-0.2, 0) is 0 Å². The van der Waals surface area contributed by atoms with Crippen LogP contribution >= 0.6 is 11.3 Å². The lowest BCUT2D eigenvalue weighted by atomic mass is 10.1. The van der Waals surface area contributed by atoms with Crippen molar-refractivity contribution in [1.82, 2.24) is 0 Å². The van der Waals surface area contributed by atoms with E-state index in [9.17, 15) is 8.78 Å². The number of guanidine groups is 1. The highest BCUT2D eigenvalue weighted by Crippen LogP contribution is 2.37. The van der Waals surface area contributed by atoms with Crippen LogP contribution in [0.25, 0.3) is 10.1 Å². The maximum absolute atomic E-state index is 15.0. The first kappa shape index (κ1) is 24.7. The minimum atomic E-state index is -0.788. The van der Waals surface area contributed by atoms with Gasteiger partial charge < -0.3 is 19.9 Å². The average Bonchev–Trinajstić information content (AvgIpc) is 3.25. The fraction of sp³-hybridized carbons (Fsp3) is 0.308. The Hall–Kier alpha value is -3.46. The molecule has 0 aliphatic carbocycles. The first-order valence-corrected chi connectivity index (χ1v) is 12.1. The van der Waals surface area contributed by atoms with E-state index in [4.69, 9.17) is 4.74 Å². The quantitative estimate of drug-likeness (QED) is 0.343. The maximum Gasteiger partial charge on any atom is 0.222 e. The number of nitrogens with zero attached hydrogens (tertiary/aromatic N) is 4. The van der Waals surface area contributed by atoms with Gasteiger partial charge in [0.1, 0.15) is 18.1 Å². The van der Waals surface area contributed by atoms with Gasteiger partial charge in [0.15, 0.2) is 11.6 Å². The summed E-state index contributed by atoms with van der Waals surface area (Å²) in [7, 11) is 5.56. The van der Waals surface area contributed by atoms with Gasteiger partial charge in [0.05, 0.1) is 17.2 Å². The molecule has 1 N–H and O–H groups in total. The Morgan fingerprint density at radius 3 is 2.66 bits per heavy atom. The number of benzene rings is 2. The van der Waals surface area contributed by atoms with Crippen molar-refractivity contribution in [3.63, 3.8) is 0 Å². The van der Waals surface area contributed by atoms with Crippen molar-refractivity contribution in [3.05, 3.63) is 60.2 Å². The number of hydrogen-bond donors (Lipinski definition) is 1. The fourth-order valence-electron chi connectivity index (χ4n) is 3.95. The number of thiophene rings is 1. The second-order valence-corrected chi connectivity index (χ2v) is 9.77. The summed E-state index contributed by atoms with van der Waals surface area (Å²) in [4.78, 5) is 12.6. The van der Waals surface area contributed by atoms with Crippen LogP contribution in [0.15, 0.2) is 58.8 Å². The molecular weight excluding hydrogens is 468 g/mol. The minimum Gasteiger partial charge on any atom is -0.486 e. The van der Waals surface area contributed by atoms with Crippen LogP contribution in [0.5, 0.6) is 5.75 Å². The molecule has 4 rings (SSSR count). The SMILES string of the molecule is C=C(F)/C(=N\C(=N/C)Nc1ccc2sc(N(C)C)cc2c1)c1cc(F)c2c(c1)N(C(C)C)CCO2. The second-order valence-electron chi connectivity index (χ2n) is 8.71. The lowest BCUT2D eigenvalue weighted by Crippen LogP contribution is -2.38. The van der Waals surface area contributed by atoms with E-state index in [1.54, 1.807) is 24.5 Å². The first-order valence-electron chi connectivity index (χ1n) is 11.3. The highest BCUT2D eigenvalue weighted by molar-refractivity contribution is 7.22. The summed E-state index contributed by atoms with van der Waals surface area (Å²) < 4.78 is 36.3. The summed E-state index contributed by atoms with van der Waals surface area (Å²) in [5, 5.41) is 5.35. The van der Waals surface area contributed by atoms with Gasteiger partial charge >= 0.3 is 0 Å². The molecule has 0 amide bonds. The Morgan fingerprint density at radius 2 is 2.00 bits per heavy atom. The van der Waals surface area contributed by atoms with Gasteiger partial charge in [-0.3, -0.25) is 4.99 Å². The zero-order valence-electron chi connectivity index (χ0n) is 20.5. The molecule has 184 valence electrons. The largest absolute Gasteiger partial charge is 0.486 e. The molecule has 0 atom stereocenters. The molecule has 0 fully saturated rings. The predicted molar refractivity (Wildman–Crippen MR) is 144 cm³/mol. The Balaban J connectivity index is 1.69. The summed E-state index contributed by atoms with van der Waals surface area (Å²) in [5.74, 6) is -1.01. The predicted octanol–water partition coefficient (Wildman–Crippen LogP) is 6.08. The van der Waals surface area contributed by atoms with Crippen LogP contribution < -0.4 is 19.9 Å². The van der Waals surface area contributed by atoms with Crippen molar-refractivity contribution >= 4 is 49.5 Å². The molecule has 2 heterocycles. The van der Waals surface area contributed by atoms with Gasteiger partial charge in [0, 0.05) is 43.1 Å². The number of nitrogens with one attached hydrogen (secondary N) is 1. The van der Waals surface area contributed by atoms with E-state index in [2.05, 4.69) is 32.8 Å². The lowest BCUT2D eigenvalue weighted by molar-refractivity contribution is 0.287. The molecule has 0 unspecified atom stereocenters. The summed E-state index contributed by atoms with van der Waals surface area (Å²) in [6, 6.07) is 11.1. The molecule has 2 aromatic carbocycles. The van der Waals surface area contributed by atoms with Crippen molar-refractivity contribution < 1.29 is 13.5 Å². The molecule has 0 spiro atoms. The van der Waals surface area contributed by atoms with Gasteiger partial charge in [-0.05, 0) is 55.6 Å². The smallest absolute Gasteiger partial charge is 0.222 e. The second kappa shape index (κ2) is 10.0. The number of fused-ring (bicyclic) bond motifs is 2. The Morgan fingerprint density at radius 1 is 1.23 bits per heavy atom. The van der Waals surface area contributed by atoms with Gasteiger partial charge in [-0.1, -0.05) is 6.58 Å². The number of hydrogen-bond acceptors (Lipinski definition) is 5. The van der Waals surface area contributed by atoms with E-state index in [0.29, 0.717) is 18.8 Å². The molecule has 1 aromatic heterocycles. The zero-order valence-corrected chi connectivity index (χ0v) is 21.3. The van der Waals surface area contributed by atoms with Crippen molar-refractivity contribution in [2.75, 3.05) is 49.4 Å². The minimum absolute atomic E-state index is 0.0967. The third-order valence-corrected chi connectivity index (χ3v) is 6.98. The first-order chi connectivity index (χ1) is 16.7. The Bertz CT molecular complexity index is 1330. The molecule has 35 heavy (non-hydrogen) atoms. The molecule has 6 nitrogen and oxygen atoms in total. The zero-order chi connectivity index (χ0) is 25.3. The third-order valence-electron chi connectivity index (χ3n) is 5.70. The highest BCUT2D eigenvalue weighted by atomic mass is 32.1. The maximum atomic E-state index is 15.0. The molecule has 0 saturated carbocycles. The molecule has 3 aromatic rings. The molecule has 1 aliphatic heterocycles. The summed E-state index contributed by atoms with van der Waals surface area (Å²) in [6.07, 6.45) is 0. The van der Waals surface area contributed by atoms with Crippen molar-refractivity contribution in [2.24, 2.45) is 9.98 Å². The molecule has 0 bridgehead atoms. The van der Waals surface area contributed by atoms with Crippen molar-refractivity contribution in [3.8, 4) is 5.75 Å². The number of allylic oxidation sites excluding steroid dienone is 1. The van der Waals surface area contributed by atoms with Gasteiger partial charge in [0.25, 0.3) is 0 Å². The summed E-state index contributed by atoms with van der Waals surface area (Å²) >= 11 is 1.69. The van der Waals surface area contributed by atoms with Gasteiger partial charge in [-0.15, -0.1) is 11.3 Å². The van der Waals surface area contributed by atoms with E-state index >= 15 is 0 Å². The van der Waals surface area contributed by atoms with Crippen LogP contribution in [0.1, 0.15) is 19.4 Å². The van der Waals surface area contributed by atoms with Crippen LogP contribution in [0.3, 0.4) is 0 Å². The number of ether oxygens (including phenoxy) is 1. The number of halogens is 2. The van der Waals surface area contributed by atoms with Crippen LogP contribution in [0, 0.1) is 5.82 Å². The normalized spacial score (nSPS) is 14.2. The summed E-state index contributed by atoms with van der Waals surface area (Å²) in [5.41, 5.74) is 1.49. The Kier molecular flexibility index (Phi) is 7.07. The van der Waals surface area contributed by atoms with E-state index in [0.717, 1.165) is 20.8 Å². The van der Waals surface area contributed by atoms with E-state index in [1.165, 1.54) is 6.07 Å². The number of aliphatic imine (C=N–C) groups is 2. The van der Waals surface area contributed by atoms with Gasteiger partial charge in [-0.2, -0.15) is 0 Å². The van der Waals surface area contributed by atoms with Crippen LogP contribution in [0.2, 0.25) is 0 Å². The molecule has 0 saturated heterocycles. The van der Waals surface area contributed by atoms with Crippen molar-refractivity contribution in [2.45, 2.75) is 19.9 Å². The molecular formula is C26H29F2N5OS. The fourth-order valence-corrected chi connectivity index (χ4v) is 4.92. The molecule has 0 radical (unpaired) electrons. The molecule has 9 heteroatoms. The Labute approximate surface area is 208 Å².